The predicted molar refractivity (Wildman–Crippen MR) is 63.0 cm³/mol. The van der Waals surface area contributed by atoms with E-state index in [2.05, 4.69) is 4.98 Å². The van der Waals surface area contributed by atoms with Crippen molar-refractivity contribution in [3.63, 3.8) is 0 Å². The van der Waals surface area contributed by atoms with Crippen LogP contribution in [0.2, 0.25) is 0 Å². The molecule has 5 heteroatoms. The van der Waals surface area contributed by atoms with Gasteiger partial charge >= 0.3 is 0 Å². The molecule has 0 spiro atoms. The van der Waals surface area contributed by atoms with Crippen LogP contribution < -0.4 is 4.90 Å². The first-order valence-electron chi connectivity index (χ1n) is 5.82. The van der Waals surface area contributed by atoms with Crippen molar-refractivity contribution in [1.29, 1.82) is 0 Å². The van der Waals surface area contributed by atoms with Crippen LogP contribution in [-0.4, -0.2) is 29.3 Å². The molecule has 0 unspecified atom stereocenters. The molecule has 1 aromatic rings. The Kier molecular flexibility index (Phi) is 5.28. The standard InChI is InChI=1S/C12H18F2N2O/c1-3-10(4-2)16(5-6-17)12-11(14)7-9(13)8-15-12/h7-8,10,17H,3-6H2,1-2H3. The number of aliphatic hydroxyl groups excluding tert-OH is 1. The zero-order valence-corrected chi connectivity index (χ0v) is 10.2. The third-order valence-corrected chi connectivity index (χ3v) is 2.78. The molecule has 3 nitrogen and oxygen atoms in total. The van der Waals surface area contributed by atoms with Crippen LogP contribution in [0.25, 0.3) is 0 Å². The minimum Gasteiger partial charge on any atom is -0.395 e. The van der Waals surface area contributed by atoms with Gasteiger partial charge in [-0.1, -0.05) is 13.8 Å². The second-order valence-corrected chi connectivity index (χ2v) is 3.85. The van der Waals surface area contributed by atoms with Crippen molar-refractivity contribution in [2.45, 2.75) is 32.7 Å². The van der Waals surface area contributed by atoms with Gasteiger partial charge in [-0.05, 0) is 12.8 Å². The molecule has 0 fully saturated rings. The fourth-order valence-corrected chi connectivity index (χ4v) is 1.92. The second kappa shape index (κ2) is 6.49. The molecular weight excluding hydrogens is 226 g/mol. The Hall–Kier alpha value is -1.23. The third kappa shape index (κ3) is 3.36. The Morgan fingerprint density at radius 2 is 2.00 bits per heavy atom. The number of halogens is 2. The van der Waals surface area contributed by atoms with Crippen molar-refractivity contribution >= 4 is 5.82 Å². The van der Waals surface area contributed by atoms with Gasteiger partial charge in [0.1, 0.15) is 5.82 Å². The van der Waals surface area contributed by atoms with E-state index >= 15 is 0 Å². The van der Waals surface area contributed by atoms with Gasteiger partial charge in [-0.25, -0.2) is 13.8 Å². The molecule has 1 N–H and O–H groups in total. The van der Waals surface area contributed by atoms with Gasteiger partial charge < -0.3 is 10.0 Å². The summed E-state index contributed by atoms with van der Waals surface area (Å²) in [6.45, 7) is 4.18. The van der Waals surface area contributed by atoms with E-state index < -0.39 is 11.6 Å². The summed E-state index contributed by atoms with van der Waals surface area (Å²) in [4.78, 5) is 5.47. The van der Waals surface area contributed by atoms with Crippen LogP contribution in [0, 0.1) is 11.6 Å². The van der Waals surface area contributed by atoms with E-state index in [9.17, 15) is 8.78 Å². The fourth-order valence-electron chi connectivity index (χ4n) is 1.92. The first kappa shape index (κ1) is 13.8. The highest BCUT2D eigenvalue weighted by molar-refractivity contribution is 5.41. The highest BCUT2D eigenvalue weighted by atomic mass is 19.1. The first-order valence-corrected chi connectivity index (χ1v) is 5.82. The Labute approximate surface area is 100 Å². The maximum atomic E-state index is 13.6. The second-order valence-electron chi connectivity index (χ2n) is 3.85. The average molecular weight is 244 g/mol. The van der Waals surface area contributed by atoms with E-state index in [1.807, 2.05) is 13.8 Å². The molecule has 0 saturated heterocycles. The molecule has 17 heavy (non-hydrogen) atoms. The molecule has 0 aliphatic rings. The minimum absolute atomic E-state index is 0.0883. The Morgan fingerprint density at radius 3 is 2.47 bits per heavy atom. The summed E-state index contributed by atoms with van der Waals surface area (Å²) >= 11 is 0. The largest absolute Gasteiger partial charge is 0.395 e. The number of nitrogens with zero attached hydrogens (tertiary/aromatic N) is 2. The molecule has 0 aliphatic heterocycles. The van der Waals surface area contributed by atoms with E-state index in [-0.39, 0.29) is 18.5 Å². The van der Waals surface area contributed by atoms with Gasteiger partial charge in [-0.2, -0.15) is 0 Å². The summed E-state index contributed by atoms with van der Waals surface area (Å²) in [6, 6.07) is 0.907. The van der Waals surface area contributed by atoms with E-state index in [0.29, 0.717) is 6.54 Å². The highest BCUT2D eigenvalue weighted by Gasteiger charge is 2.20. The SMILES string of the molecule is CCC(CC)N(CCO)c1ncc(F)cc1F. The van der Waals surface area contributed by atoms with Gasteiger partial charge in [0.25, 0.3) is 0 Å². The van der Waals surface area contributed by atoms with Crippen molar-refractivity contribution in [3.8, 4) is 0 Å². The molecule has 0 radical (unpaired) electrons. The number of anilines is 1. The molecular formula is C12H18F2N2O. The quantitative estimate of drug-likeness (QED) is 0.834. The number of pyridine rings is 1. The molecule has 0 amide bonds. The topological polar surface area (TPSA) is 36.4 Å². The summed E-state index contributed by atoms with van der Waals surface area (Å²) in [6.07, 6.45) is 2.62. The summed E-state index contributed by atoms with van der Waals surface area (Å²) in [5.74, 6) is -1.28. The maximum Gasteiger partial charge on any atom is 0.168 e. The zero-order chi connectivity index (χ0) is 12.8. The Bertz CT molecular complexity index is 356. The monoisotopic (exact) mass is 244 g/mol. The number of rotatable bonds is 6. The zero-order valence-electron chi connectivity index (χ0n) is 10.2. The van der Waals surface area contributed by atoms with Crippen LogP contribution in [0.15, 0.2) is 12.3 Å². The molecule has 1 rings (SSSR count). The van der Waals surface area contributed by atoms with E-state index in [0.717, 1.165) is 25.1 Å². The van der Waals surface area contributed by atoms with Gasteiger partial charge in [-0.15, -0.1) is 0 Å². The summed E-state index contributed by atoms with van der Waals surface area (Å²) < 4.78 is 26.4. The maximum absolute atomic E-state index is 13.6. The lowest BCUT2D eigenvalue weighted by Gasteiger charge is -2.31. The van der Waals surface area contributed by atoms with Crippen LogP contribution in [-0.2, 0) is 0 Å². The van der Waals surface area contributed by atoms with Gasteiger partial charge in [0.05, 0.1) is 12.8 Å². The number of aliphatic hydroxyl groups is 1. The lowest BCUT2D eigenvalue weighted by atomic mass is 10.1. The number of hydrogen-bond donors (Lipinski definition) is 1. The highest BCUT2D eigenvalue weighted by Crippen LogP contribution is 2.21. The van der Waals surface area contributed by atoms with Crippen molar-refractivity contribution in [2.24, 2.45) is 0 Å². The van der Waals surface area contributed by atoms with Gasteiger partial charge in [-0.3, -0.25) is 0 Å². The van der Waals surface area contributed by atoms with Crippen LogP contribution in [0.4, 0.5) is 14.6 Å². The molecule has 1 heterocycles. The molecule has 96 valence electrons. The van der Waals surface area contributed by atoms with Crippen molar-refractivity contribution < 1.29 is 13.9 Å². The smallest absolute Gasteiger partial charge is 0.168 e. The van der Waals surface area contributed by atoms with Crippen molar-refractivity contribution in [3.05, 3.63) is 23.9 Å². The molecule has 0 saturated carbocycles. The van der Waals surface area contributed by atoms with E-state index in [1.54, 1.807) is 4.90 Å². The number of hydrogen-bond acceptors (Lipinski definition) is 3. The van der Waals surface area contributed by atoms with Gasteiger partial charge in [0.15, 0.2) is 11.6 Å². The van der Waals surface area contributed by atoms with Crippen molar-refractivity contribution in [2.75, 3.05) is 18.1 Å². The summed E-state index contributed by atoms with van der Waals surface area (Å²) in [5.41, 5.74) is 0. The van der Waals surface area contributed by atoms with Crippen LogP contribution >= 0.6 is 0 Å². The molecule has 0 aromatic carbocycles. The summed E-state index contributed by atoms with van der Waals surface area (Å²) in [5, 5.41) is 9.02. The lowest BCUT2D eigenvalue weighted by Crippen LogP contribution is -2.38. The molecule has 0 atom stereocenters. The average Bonchev–Trinajstić information content (AvgIpc) is 2.30. The van der Waals surface area contributed by atoms with E-state index in [4.69, 9.17) is 5.11 Å². The van der Waals surface area contributed by atoms with Gasteiger partial charge in [0.2, 0.25) is 0 Å². The predicted octanol–water partition coefficient (Wildman–Crippen LogP) is 2.35. The fraction of sp³-hybridized carbons (Fsp3) is 0.583. The van der Waals surface area contributed by atoms with Crippen LogP contribution in [0.1, 0.15) is 26.7 Å². The molecule has 0 bridgehead atoms. The minimum atomic E-state index is -0.695. The Morgan fingerprint density at radius 1 is 1.35 bits per heavy atom. The normalized spacial score (nSPS) is 10.9. The molecule has 0 aliphatic carbocycles. The number of aromatic nitrogens is 1. The van der Waals surface area contributed by atoms with Crippen LogP contribution in [0.5, 0.6) is 0 Å². The molecule has 1 aromatic heterocycles. The summed E-state index contributed by atoms with van der Waals surface area (Å²) in [7, 11) is 0. The Balaban J connectivity index is 3.03. The van der Waals surface area contributed by atoms with Gasteiger partial charge in [0, 0.05) is 18.7 Å². The lowest BCUT2D eigenvalue weighted by molar-refractivity contribution is 0.294. The van der Waals surface area contributed by atoms with Crippen molar-refractivity contribution in [1.82, 2.24) is 4.98 Å². The van der Waals surface area contributed by atoms with Crippen LogP contribution in [0.3, 0.4) is 0 Å². The van der Waals surface area contributed by atoms with E-state index in [1.165, 1.54) is 0 Å². The first-order chi connectivity index (χ1) is 8.13. The third-order valence-electron chi connectivity index (χ3n) is 2.78.